The molecule has 0 spiro atoms. The van der Waals surface area contributed by atoms with Crippen molar-refractivity contribution in [2.75, 3.05) is 13.1 Å². The van der Waals surface area contributed by atoms with Crippen LogP contribution in [0.15, 0.2) is 78.9 Å². The summed E-state index contributed by atoms with van der Waals surface area (Å²) in [5.41, 5.74) is 9.67. The largest absolute Gasteiger partial charge is 0.489 e. The molecule has 1 heterocycles. The lowest BCUT2D eigenvalue weighted by Gasteiger charge is -2.37. The van der Waals surface area contributed by atoms with E-state index in [9.17, 15) is 18.3 Å². The summed E-state index contributed by atoms with van der Waals surface area (Å²) >= 11 is 0. The molecule has 6 heteroatoms. The first-order chi connectivity index (χ1) is 22.3. The number of halogens is 3. The van der Waals surface area contributed by atoms with Gasteiger partial charge in [-0.1, -0.05) is 67.8 Å². The van der Waals surface area contributed by atoms with E-state index < -0.39 is 17.3 Å². The molecule has 1 saturated heterocycles. The summed E-state index contributed by atoms with van der Waals surface area (Å²) in [7, 11) is 0. The Morgan fingerprint density at radius 3 is 2.33 bits per heavy atom. The third kappa shape index (κ3) is 6.34. The standard InChI is InChI=1S/C40H42F3NO2/c41-40(42,43)31-9-6-7-28(23-31)26-46-32-14-11-27(12-15-32)13-16-34-37(39(45)19-4-1-5-20-39)25-35-33-10-3-2-8-30(33)24-36(35)38(34)29-17-21-44-22-18-29/h2-3,6-12,14-15,23,25,29,44-45H,1,4-5,13,16-22,24,26H2. The zero-order valence-electron chi connectivity index (χ0n) is 26.3. The molecule has 0 aromatic heterocycles. The Kier molecular flexibility index (Phi) is 8.69. The highest BCUT2D eigenvalue weighted by Crippen LogP contribution is 2.49. The van der Waals surface area contributed by atoms with Gasteiger partial charge in [0.2, 0.25) is 0 Å². The van der Waals surface area contributed by atoms with Gasteiger partial charge < -0.3 is 15.2 Å². The number of rotatable bonds is 8. The number of hydrogen-bond acceptors (Lipinski definition) is 3. The van der Waals surface area contributed by atoms with Crippen LogP contribution in [0.1, 0.15) is 95.4 Å². The molecular weight excluding hydrogens is 583 g/mol. The van der Waals surface area contributed by atoms with Crippen LogP contribution in [0.5, 0.6) is 5.75 Å². The predicted molar refractivity (Wildman–Crippen MR) is 176 cm³/mol. The molecule has 2 fully saturated rings. The predicted octanol–water partition coefficient (Wildman–Crippen LogP) is 9.26. The molecule has 0 unspecified atom stereocenters. The second-order valence-corrected chi connectivity index (χ2v) is 13.4. The number of aliphatic hydroxyl groups is 1. The van der Waals surface area contributed by atoms with Crippen LogP contribution in [0.4, 0.5) is 13.2 Å². The monoisotopic (exact) mass is 625 g/mol. The maximum absolute atomic E-state index is 13.1. The lowest BCUT2D eigenvalue weighted by atomic mass is 9.72. The fraction of sp³-hybridized carbons (Fsp3) is 0.400. The molecule has 4 aromatic rings. The molecule has 0 atom stereocenters. The third-order valence-corrected chi connectivity index (χ3v) is 10.4. The third-order valence-electron chi connectivity index (χ3n) is 10.4. The van der Waals surface area contributed by atoms with Gasteiger partial charge in [-0.15, -0.1) is 0 Å². The first-order valence-electron chi connectivity index (χ1n) is 16.9. The van der Waals surface area contributed by atoms with Crippen molar-refractivity contribution in [3.63, 3.8) is 0 Å². The van der Waals surface area contributed by atoms with Crippen LogP contribution >= 0.6 is 0 Å². The van der Waals surface area contributed by atoms with E-state index in [0.717, 1.165) is 88.6 Å². The van der Waals surface area contributed by atoms with Gasteiger partial charge in [-0.25, -0.2) is 0 Å². The van der Waals surface area contributed by atoms with Gasteiger partial charge in [0.05, 0.1) is 11.2 Å². The first-order valence-corrected chi connectivity index (χ1v) is 16.9. The fourth-order valence-electron chi connectivity index (χ4n) is 8.07. The summed E-state index contributed by atoms with van der Waals surface area (Å²) in [5.74, 6) is 1.10. The number of piperidine rings is 1. The van der Waals surface area contributed by atoms with E-state index in [1.807, 2.05) is 12.1 Å². The van der Waals surface area contributed by atoms with Gasteiger partial charge in [-0.3, -0.25) is 0 Å². The molecule has 240 valence electrons. The van der Waals surface area contributed by atoms with E-state index in [2.05, 4.69) is 47.8 Å². The Labute approximate surface area is 269 Å². The van der Waals surface area contributed by atoms with Gasteiger partial charge in [-0.05, 0) is 144 Å². The first kappa shape index (κ1) is 31.0. The summed E-state index contributed by atoms with van der Waals surface area (Å²) in [4.78, 5) is 0. The molecule has 3 nitrogen and oxygen atoms in total. The van der Waals surface area contributed by atoms with Crippen molar-refractivity contribution in [3.05, 3.63) is 123 Å². The maximum atomic E-state index is 13.1. The van der Waals surface area contributed by atoms with E-state index in [1.165, 1.54) is 51.4 Å². The molecule has 46 heavy (non-hydrogen) atoms. The lowest BCUT2D eigenvalue weighted by Crippen LogP contribution is -2.32. The van der Waals surface area contributed by atoms with E-state index in [1.54, 1.807) is 6.07 Å². The maximum Gasteiger partial charge on any atom is 0.416 e. The molecule has 7 rings (SSSR count). The molecule has 4 aromatic carbocycles. The summed E-state index contributed by atoms with van der Waals surface area (Å²) in [6, 6.07) is 24.4. The summed E-state index contributed by atoms with van der Waals surface area (Å²) in [6.45, 7) is 2.10. The molecule has 0 bridgehead atoms. The van der Waals surface area contributed by atoms with Gasteiger partial charge in [0, 0.05) is 0 Å². The molecule has 1 aliphatic heterocycles. The number of fused-ring (bicyclic) bond motifs is 3. The van der Waals surface area contributed by atoms with Crippen LogP contribution in [-0.4, -0.2) is 18.2 Å². The second-order valence-electron chi connectivity index (χ2n) is 13.4. The second kappa shape index (κ2) is 12.9. The van der Waals surface area contributed by atoms with Crippen molar-refractivity contribution < 1.29 is 23.0 Å². The normalized spacial score (nSPS) is 17.8. The van der Waals surface area contributed by atoms with Gasteiger partial charge in [0.1, 0.15) is 12.4 Å². The van der Waals surface area contributed by atoms with Gasteiger partial charge in [-0.2, -0.15) is 13.2 Å². The quantitative estimate of drug-likeness (QED) is 0.181. The van der Waals surface area contributed by atoms with Crippen molar-refractivity contribution in [2.45, 2.75) is 88.5 Å². The van der Waals surface area contributed by atoms with E-state index in [0.29, 0.717) is 17.2 Å². The zero-order chi connectivity index (χ0) is 31.7. The Hall–Kier alpha value is -3.61. The highest BCUT2D eigenvalue weighted by Gasteiger charge is 2.38. The lowest BCUT2D eigenvalue weighted by molar-refractivity contribution is -0.137. The molecule has 0 radical (unpaired) electrons. The Morgan fingerprint density at radius 1 is 0.804 bits per heavy atom. The molecule has 3 aliphatic rings. The Morgan fingerprint density at radius 2 is 1.57 bits per heavy atom. The SMILES string of the molecule is OC1(c2cc3c(c(C4CCNCC4)c2CCc2ccc(OCc4cccc(C(F)(F)F)c4)cc2)Cc2ccccc2-3)CCCCC1. The van der Waals surface area contributed by atoms with Crippen molar-refractivity contribution >= 4 is 0 Å². The van der Waals surface area contributed by atoms with E-state index in [4.69, 9.17) is 4.74 Å². The molecular formula is C40H42F3NO2. The average Bonchev–Trinajstić information content (AvgIpc) is 3.45. The molecule has 1 saturated carbocycles. The number of nitrogens with one attached hydrogen (secondary N) is 1. The van der Waals surface area contributed by atoms with Crippen LogP contribution in [0.2, 0.25) is 0 Å². The smallest absolute Gasteiger partial charge is 0.416 e. The summed E-state index contributed by atoms with van der Waals surface area (Å²) in [6.07, 6.45) is 5.37. The highest BCUT2D eigenvalue weighted by atomic mass is 19.4. The molecule has 2 N–H and O–H groups in total. The van der Waals surface area contributed by atoms with Crippen molar-refractivity contribution in [1.82, 2.24) is 5.32 Å². The van der Waals surface area contributed by atoms with Crippen LogP contribution in [0.3, 0.4) is 0 Å². The number of ether oxygens (including phenoxy) is 1. The van der Waals surface area contributed by atoms with Crippen molar-refractivity contribution in [1.29, 1.82) is 0 Å². The zero-order valence-corrected chi connectivity index (χ0v) is 26.3. The minimum absolute atomic E-state index is 0.0718. The molecule has 0 amide bonds. The minimum atomic E-state index is -4.37. The Balaban J connectivity index is 1.17. The van der Waals surface area contributed by atoms with E-state index in [-0.39, 0.29) is 6.61 Å². The number of alkyl halides is 3. The average molecular weight is 626 g/mol. The van der Waals surface area contributed by atoms with Crippen molar-refractivity contribution in [3.8, 4) is 16.9 Å². The number of benzene rings is 4. The van der Waals surface area contributed by atoms with Crippen LogP contribution in [-0.2, 0) is 37.6 Å². The van der Waals surface area contributed by atoms with Crippen LogP contribution in [0.25, 0.3) is 11.1 Å². The summed E-state index contributed by atoms with van der Waals surface area (Å²) < 4.78 is 45.2. The topological polar surface area (TPSA) is 41.5 Å². The van der Waals surface area contributed by atoms with Gasteiger partial charge >= 0.3 is 6.18 Å². The highest BCUT2D eigenvalue weighted by molar-refractivity contribution is 5.80. The summed E-state index contributed by atoms with van der Waals surface area (Å²) in [5, 5.41) is 15.8. The molecule has 2 aliphatic carbocycles. The van der Waals surface area contributed by atoms with Crippen LogP contribution in [0, 0.1) is 0 Å². The number of hydrogen-bond donors (Lipinski definition) is 2. The Bertz CT molecular complexity index is 1680. The van der Waals surface area contributed by atoms with Crippen molar-refractivity contribution in [2.24, 2.45) is 0 Å². The number of aryl methyl sites for hydroxylation is 1. The van der Waals surface area contributed by atoms with Crippen LogP contribution < -0.4 is 10.1 Å². The fourth-order valence-corrected chi connectivity index (χ4v) is 8.07. The minimum Gasteiger partial charge on any atom is -0.489 e. The van der Waals surface area contributed by atoms with Gasteiger partial charge in [0.15, 0.2) is 0 Å². The van der Waals surface area contributed by atoms with E-state index >= 15 is 0 Å². The van der Waals surface area contributed by atoms with Gasteiger partial charge in [0.25, 0.3) is 0 Å².